The van der Waals surface area contributed by atoms with Gasteiger partial charge in [0.2, 0.25) is 5.43 Å². The highest BCUT2D eigenvalue weighted by molar-refractivity contribution is 5.92. The summed E-state index contributed by atoms with van der Waals surface area (Å²) in [5.74, 6) is -4.65. The van der Waals surface area contributed by atoms with Crippen molar-refractivity contribution >= 4 is 28.5 Å². The molecule has 4 rings (SSSR count). The number of rotatable bonds is 3. The number of hydrogen-bond acceptors (Lipinski definition) is 6. The zero-order valence-corrected chi connectivity index (χ0v) is 14.7. The molecule has 2 aromatic heterocycles. The molecule has 11 heteroatoms. The van der Waals surface area contributed by atoms with Crippen LogP contribution in [0.4, 0.5) is 24.7 Å². The summed E-state index contributed by atoms with van der Waals surface area (Å²) in [5.41, 5.74) is 8.54. The number of carboxylic acids is 1. The molecule has 0 spiro atoms. The minimum absolute atomic E-state index is 0.120. The Morgan fingerprint density at radius 1 is 1.14 bits per heavy atom. The number of fused-ring (bicyclic) bond motifs is 1. The molecule has 0 bridgehead atoms. The Morgan fingerprint density at radius 3 is 2.45 bits per heavy atom. The molecule has 0 radical (unpaired) electrons. The number of anilines is 2. The fourth-order valence-electron chi connectivity index (χ4n) is 3.20. The molecule has 1 fully saturated rings. The van der Waals surface area contributed by atoms with Gasteiger partial charge in [0.05, 0.1) is 16.8 Å². The number of aromatic carboxylic acids is 1. The Hall–Kier alpha value is -3.60. The Morgan fingerprint density at radius 2 is 1.83 bits per heavy atom. The summed E-state index contributed by atoms with van der Waals surface area (Å²) < 4.78 is 43.6. The standard InChI is InChI=1S/C18H14F3N5O3/c19-10-2-11(20)14(3-13(10)23)26-6-9(18(28)29)15(27)8-1-12(21)17(24-16(8)26)25-4-7(22)5-25/h1-3,6-7H,4-5,22-23H2,(H,28,29). The Kier molecular flexibility index (Phi) is 4.19. The van der Waals surface area contributed by atoms with Crippen LogP contribution in [0.3, 0.4) is 0 Å². The third kappa shape index (κ3) is 2.95. The molecule has 1 aliphatic rings. The number of aromatic nitrogens is 2. The molecule has 0 aliphatic carbocycles. The maximum absolute atomic E-state index is 14.6. The lowest BCUT2D eigenvalue weighted by Gasteiger charge is -2.38. The summed E-state index contributed by atoms with van der Waals surface area (Å²) >= 11 is 0. The van der Waals surface area contributed by atoms with Crippen LogP contribution in [-0.2, 0) is 0 Å². The first-order valence-electron chi connectivity index (χ1n) is 8.42. The van der Waals surface area contributed by atoms with E-state index in [-0.39, 0.29) is 28.6 Å². The molecule has 8 nitrogen and oxygen atoms in total. The number of carboxylic acid groups (broad SMARTS) is 1. The Labute approximate surface area is 160 Å². The van der Waals surface area contributed by atoms with Crippen molar-refractivity contribution in [1.29, 1.82) is 0 Å². The molecule has 0 saturated carbocycles. The zero-order chi connectivity index (χ0) is 21.0. The lowest BCUT2D eigenvalue weighted by molar-refractivity contribution is 0.0695. The van der Waals surface area contributed by atoms with Gasteiger partial charge in [-0.3, -0.25) is 9.36 Å². The fraction of sp³-hybridized carbons (Fsp3) is 0.167. The van der Waals surface area contributed by atoms with Crippen LogP contribution in [0, 0.1) is 17.5 Å². The number of benzene rings is 1. The molecule has 1 saturated heterocycles. The van der Waals surface area contributed by atoms with Crippen LogP contribution in [0.15, 0.2) is 29.2 Å². The predicted molar refractivity (Wildman–Crippen MR) is 98.8 cm³/mol. The van der Waals surface area contributed by atoms with Crippen LogP contribution < -0.4 is 21.8 Å². The monoisotopic (exact) mass is 405 g/mol. The predicted octanol–water partition coefficient (Wildman–Crippen LogP) is 1.23. The van der Waals surface area contributed by atoms with E-state index in [0.29, 0.717) is 19.2 Å². The lowest BCUT2D eigenvalue weighted by Crippen LogP contribution is -2.56. The molecule has 0 unspecified atom stereocenters. The van der Waals surface area contributed by atoms with E-state index in [1.807, 2.05) is 0 Å². The SMILES string of the molecule is Nc1cc(-n2cc(C(=O)O)c(=O)c3cc(F)c(N4CC(N)C4)nc32)c(F)cc1F. The average molecular weight is 405 g/mol. The molecule has 3 heterocycles. The van der Waals surface area contributed by atoms with Gasteiger partial charge >= 0.3 is 5.97 Å². The smallest absolute Gasteiger partial charge is 0.341 e. The normalized spacial score (nSPS) is 14.3. The summed E-state index contributed by atoms with van der Waals surface area (Å²) in [6.45, 7) is 0.648. The van der Waals surface area contributed by atoms with Gasteiger partial charge in [-0.05, 0) is 12.1 Å². The highest BCUT2D eigenvalue weighted by atomic mass is 19.1. The van der Waals surface area contributed by atoms with Crippen molar-refractivity contribution in [3.63, 3.8) is 0 Å². The average Bonchev–Trinajstić information content (AvgIpc) is 2.63. The van der Waals surface area contributed by atoms with Gasteiger partial charge in [-0.15, -0.1) is 0 Å². The van der Waals surface area contributed by atoms with Crippen molar-refractivity contribution < 1.29 is 23.1 Å². The van der Waals surface area contributed by atoms with Crippen LogP contribution in [0.2, 0.25) is 0 Å². The molecule has 0 amide bonds. The lowest BCUT2D eigenvalue weighted by atomic mass is 10.1. The minimum atomic E-state index is -1.60. The molecule has 1 aromatic carbocycles. The molecular weight excluding hydrogens is 391 g/mol. The highest BCUT2D eigenvalue weighted by Crippen LogP contribution is 2.28. The van der Waals surface area contributed by atoms with Crippen molar-refractivity contribution in [2.75, 3.05) is 23.7 Å². The van der Waals surface area contributed by atoms with Crippen molar-refractivity contribution in [2.45, 2.75) is 6.04 Å². The molecule has 150 valence electrons. The van der Waals surface area contributed by atoms with E-state index in [9.17, 15) is 27.9 Å². The van der Waals surface area contributed by atoms with E-state index in [0.717, 1.165) is 22.9 Å². The van der Waals surface area contributed by atoms with Gasteiger partial charge in [0.15, 0.2) is 17.3 Å². The zero-order valence-electron chi connectivity index (χ0n) is 14.7. The number of nitrogens with two attached hydrogens (primary N) is 2. The summed E-state index contributed by atoms with van der Waals surface area (Å²) in [6.07, 6.45) is 0.847. The third-order valence-corrected chi connectivity index (χ3v) is 4.68. The summed E-state index contributed by atoms with van der Waals surface area (Å²) in [6, 6.07) is 2.13. The van der Waals surface area contributed by atoms with E-state index in [1.165, 1.54) is 4.90 Å². The van der Waals surface area contributed by atoms with E-state index >= 15 is 0 Å². The summed E-state index contributed by atoms with van der Waals surface area (Å²) in [5, 5.41) is 8.95. The van der Waals surface area contributed by atoms with Gasteiger partial charge in [-0.1, -0.05) is 0 Å². The van der Waals surface area contributed by atoms with E-state index in [2.05, 4.69) is 4.98 Å². The van der Waals surface area contributed by atoms with Crippen LogP contribution in [0.5, 0.6) is 0 Å². The topological polar surface area (TPSA) is 127 Å². The highest BCUT2D eigenvalue weighted by Gasteiger charge is 2.28. The van der Waals surface area contributed by atoms with Crippen molar-refractivity contribution in [3.8, 4) is 5.69 Å². The number of pyridine rings is 2. The van der Waals surface area contributed by atoms with Crippen molar-refractivity contribution in [3.05, 3.63) is 57.6 Å². The third-order valence-electron chi connectivity index (χ3n) is 4.68. The Bertz CT molecular complexity index is 1240. The van der Waals surface area contributed by atoms with Crippen LogP contribution >= 0.6 is 0 Å². The number of nitrogen functional groups attached to an aromatic ring is 1. The number of hydrogen-bond donors (Lipinski definition) is 3. The second-order valence-corrected chi connectivity index (χ2v) is 6.70. The molecule has 1 aliphatic heterocycles. The van der Waals surface area contributed by atoms with Crippen molar-refractivity contribution in [1.82, 2.24) is 9.55 Å². The second-order valence-electron chi connectivity index (χ2n) is 6.70. The molecule has 0 atom stereocenters. The first-order chi connectivity index (χ1) is 13.7. The summed E-state index contributed by atoms with van der Waals surface area (Å²) in [4.78, 5) is 29.6. The van der Waals surface area contributed by atoms with Gasteiger partial charge < -0.3 is 21.5 Å². The van der Waals surface area contributed by atoms with Gasteiger partial charge in [0.1, 0.15) is 17.2 Å². The molecule has 3 aromatic rings. The Balaban J connectivity index is 2.07. The van der Waals surface area contributed by atoms with E-state index in [1.54, 1.807) is 0 Å². The largest absolute Gasteiger partial charge is 0.477 e. The number of carbonyl (C=O) groups is 1. The minimum Gasteiger partial charge on any atom is -0.477 e. The maximum atomic E-state index is 14.6. The second kappa shape index (κ2) is 6.48. The molecule has 29 heavy (non-hydrogen) atoms. The fourth-order valence-corrected chi connectivity index (χ4v) is 3.20. The van der Waals surface area contributed by atoms with Gasteiger partial charge in [0, 0.05) is 31.4 Å². The number of halogens is 3. The molecule has 5 N–H and O–H groups in total. The van der Waals surface area contributed by atoms with Crippen molar-refractivity contribution in [2.24, 2.45) is 5.73 Å². The first kappa shape index (κ1) is 18.7. The quantitative estimate of drug-likeness (QED) is 0.559. The summed E-state index contributed by atoms with van der Waals surface area (Å²) in [7, 11) is 0. The van der Waals surface area contributed by atoms with Crippen LogP contribution in [0.25, 0.3) is 16.7 Å². The first-order valence-corrected chi connectivity index (χ1v) is 8.42. The van der Waals surface area contributed by atoms with Gasteiger partial charge in [0.25, 0.3) is 0 Å². The van der Waals surface area contributed by atoms with Crippen LogP contribution in [0.1, 0.15) is 10.4 Å². The van der Waals surface area contributed by atoms with Gasteiger partial charge in [-0.25, -0.2) is 22.9 Å². The van der Waals surface area contributed by atoms with E-state index < -0.39 is 40.1 Å². The number of nitrogens with zero attached hydrogens (tertiary/aromatic N) is 3. The van der Waals surface area contributed by atoms with Gasteiger partial charge in [-0.2, -0.15) is 0 Å². The van der Waals surface area contributed by atoms with E-state index in [4.69, 9.17) is 11.5 Å². The maximum Gasteiger partial charge on any atom is 0.341 e. The van der Waals surface area contributed by atoms with Crippen LogP contribution in [-0.4, -0.2) is 39.8 Å². The molecular formula is C18H14F3N5O3.